The van der Waals surface area contributed by atoms with E-state index in [0.29, 0.717) is 23.7 Å². The molecular formula is C26H34N8O. The van der Waals surface area contributed by atoms with Crippen molar-refractivity contribution in [2.75, 3.05) is 43.4 Å². The minimum absolute atomic E-state index is 0.510. The number of pyridine rings is 2. The highest BCUT2D eigenvalue weighted by atomic mass is 16.3. The van der Waals surface area contributed by atoms with Gasteiger partial charge < -0.3 is 20.2 Å². The van der Waals surface area contributed by atoms with E-state index in [1.807, 2.05) is 24.5 Å². The summed E-state index contributed by atoms with van der Waals surface area (Å²) in [7, 11) is 2.18. The van der Waals surface area contributed by atoms with Crippen LogP contribution in [-0.4, -0.2) is 80.2 Å². The Balaban J connectivity index is 1.24. The molecule has 0 amide bonds. The van der Waals surface area contributed by atoms with Crippen LogP contribution in [0.5, 0.6) is 0 Å². The molecule has 184 valence electrons. The molecule has 0 spiro atoms. The highest BCUT2D eigenvalue weighted by molar-refractivity contribution is 5.90. The average Bonchev–Trinajstić information content (AvgIpc) is 3.46. The van der Waals surface area contributed by atoms with E-state index >= 15 is 0 Å². The van der Waals surface area contributed by atoms with E-state index in [1.54, 1.807) is 6.92 Å². The average molecular weight is 475 g/mol. The fourth-order valence-corrected chi connectivity index (χ4v) is 5.73. The van der Waals surface area contributed by atoms with E-state index in [2.05, 4.69) is 43.1 Å². The van der Waals surface area contributed by atoms with Crippen LogP contribution in [0.2, 0.25) is 0 Å². The number of anilines is 3. The van der Waals surface area contributed by atoms with Crippen molar-refractivity contribution in [1.29, 1.82) is 0 Å². The molecule has 3 aromatic rings. The molecule has 3 aromatic heterocycles. The molecule has 1 atom stereocenters. The lowest BCUT2D eigenvalue weighted by molar-refractivity contribution is 0.148. The first-order chi connectivity index (χ1) is 17.0. The van der Waals surface area contributed by atoms with Crippen molar-refractivity contribution in [3.05, 3.63) is 41.9 Å². The molecule has 3 fully saturated rings. The number of hydrogen-bond acceptors (Lipinski definition) is 9. The Morgan fingerprint density at radius 1 is 1.00 bits per heavy atom. The first kappa shape index (κ1) is 22.6. The molecule has 0 aromatic carbocycles. The second kappa shape index (κ2) is 9.29. The van der Waals surface area contributed by atoms with Crippen LogP contribution >= 0.6 is 0 Å². The van der Waals surface area contributed by atoms with Crippen molar-refractivity contribution in [3.8, 4) is 0 Å². The molecule has 9 heteroatoms. The van der Waals surface area contributed by atoms with Gasteiger partial charge in [0.15, 0.2) is 5.82 Å². The zero-order chi connectivity index (χ0) is 23.9. The third-order valence-electron chi connectivity index (χ3n) is 7.76. The second-order valence-electron chi connectivity index (χ2n) is 10.3. The number of aliphatic hydroxyl groups excluding tert-OH is 1. The number of fused-ring (bicyclic) bond motifs is 3. The number of hydrogen-bond donors (Lipinski definition) is 2. The van der Waals surface area contributed by atoms with Crippen LogP contribution in [0.15, 0.2) is 30.6 Å². The molecule has 0 radical (unpaired) electrons. The molecule has 6 rings (SSSR count). The van der Waals surface area contributed by atoms with Crippen molar-refractivity contribution in [2.24, 2.45) is 0 Å². The standard InChI is InChI=1S/C26H34N8O/c1-17(35)22-13-19-15-28-26(31-24(19)25(29-22)34-20-4-5-21(34)7-6-20)30-23-8-3-18(14-27-23)16-33-11-9-32(2)10-12-33/h3,8,13-15,17,20-21,35H,4-7,9-12,16H2,1-2H3,(H,27,28,30,31). The summed E-state index contributed by atoms with van der Waals surface area (Å²) < 4.78 is 0. The molecule has 3 aliphatic rings. The first-order valence-electron chi connectivity index (χ1n) is 12.8. The summed E-state index contributed by atoms with van der Waals surface area (Å²) in [4.78, 5) is 26.2. The Morgan fingerprint density at radius 3 is 2.40 bits per heavy atom. The van der Waals surface area contributed by atoms with Crippen molar-refractivity contribution in [2.45, 2.75) is 57.3 Å². The normalized spacial score (nSPS) is 23.8. The van der Waals surface area contributed by atoms with E-state index in [-0.39, 0.29) is 0 Å². The summed E-state index contributed by atoms with van der Waals surface area (Å²) in [6.07, 6.45) is 7.93. The van der Waals surface area contributed by atoms with Gasteiger partial charge in [-0.25, -0.2) is 19.9 Å². The van der Waals surface area contributed by atoms with Crippen LogP contribution in [0.4, 0.5) is 17.6 Å². The topological polar surface area (TPSA) is 93.5 Å². The van der Waals surface area contributed by atoms with Crippen LogP contribution < -0.4 is 10.2 Å². The predicted molar refractivity (Wildman–Crippen MR) is 137 cm³/mol. The molecule has 2 N–H and O–H groups in total. The van der Waals surface area contributed by atoms with Crippen molar-refractivity contribution in [1.82, 2.24) is 29.7 Å². The third kappa shape index (κ3) is 4.55. The monoisotopic (exact) mass is 474 g/mol. The lowest BCUT2D eigenvalue weighted by Crippen LogP contribution is -2.43. The zero-order valence-electron chi connectivity index (χ0n) is 20.6. The van der Waals surface area contributed by atoms with Crippen LogP contribution in [0.1, 0.15) is 50.0 Å². The van der Waals surface area contributed by atoms with Gasteiger partial charge in [-0.05, 0) is 57.4 Å². The summed E-state index contributed by atoms with van der Waals surface area (Å²) in [6, 6.07) is 7.05. The number of nitrogens with one attached hydrogen (secondary N) is 1. The maximum atomic E-state index is 10.2. The Hall–Kier alpha value is -2.88. The highest BCUT2D eigenvalue weighted by Crippen LogP contribution is 2.42. The highest BCUT2D eigenvalue weighted by Gasteiger charge is 2.41. The largest absolute Gasteiger partial charge is 0.387 e. The summed E-state index contributed by atoms with van der Waals surface area (Å²) in [5.41, 5.74) is 2.71. The Morgan fingerprint density at radius 2 is 1.74 bits per heavy atom. The molecule has 6 heterocycles. The molecule has 3 aliphatic heterocycles. The maximum absolute atomic E-state index is 10.2. The van der Waals surface area contributed by atoms with Gasteiger partial charge in [0.2, 0.25) is 5.95 Å². The van der Waals surface area contributed by atoms with E-state index in [0.717, 1.165) is 55.3 Å². The fourth-order valence-electron chi connectivity index (χ4n) is 5.73. The van der Waals surface area contributed by atoms with Gasteiger partial charge in [-0.3, -0.25) is 4.90 Å². The molecule has 0 saturated carbocycles. The number of rotatable bonds is 6. The second-order valence-corrected chi connectivity index (χ2v) is 10.3. The van der Waals surface area contributed by atoms with Crippen LogP contribution in [0.3, 0.4) is 0 Å². The summed E-state index contributed by atoms with van der Waals surface area (Å²) in [5, 5.41) is 14.4. The smallest absolute Gasteiger partial charge is 0.229 e. The third-order valence-corrected chi connectivity index (χ3v) is 7.76. The van der Waals surface area contributed by atoms with E-state index in [1.165, 1.54) is 31.2 Å². The van der Waals surface area contributed by atoms with Gasteiger partial charge in [0, 0.05) is 62.6 Å². The van der Waals surface area contributed by atoms with Crippen molar-refractivity contribution < 1.29 is 5.11 Å². The zero-order valence-corrected chi connectivity index (χ0v) is 20.6. The molecule has 1 unspecified atom stereocenters. The lowest BCUT2D eigenvalue weighted by atomic mass is 10.0. The first-order valence-corrected chi connectivity index (χ1v) is 12.8. The van der Waals surface area contributed by atoms with Gasteiger partial charge in [0.05, 0.1) is 11.8 Å². The van der Waals surface area contributed by atoms with E-state index in [4.69, 9.17) is 9.97 Å². The molecule has 9 nitrogen and oxygen atoms in total. The molecule has 0 aliphatic carbocycles. The van der Waals surface area contributed by atoms with Gasteiger partial charge in [0.1, 0.15) is 11.3 Å². The number of aromatic nitrogens is 4. The van der Waals surface area contributed by atoms with E-state index in [9.17, 15) is 5.11 Å². The van der Waals surface area contributed by atoms with Crippen molar-refractivity contribution in [3.63, 3.8) is 0 Å². The van der Waals surface area contributed by atoms with Crippen molar-refractivity contribution >= 4 is 28.5 Å². The molecule has 35 heavy (non-hydrogen) atoms. The minimum atomic E-state index is -0.634. The van der Waals surface area contributed by atoms with Gasteiger partial charge in [0.25, 0.3) is 0 Å². The lowest BCUT2D eigenvalue weighted by Gasteiger charge is -2.32. The summed E-state index contributed by atoms with van der Waals surface area (Å²) in [5.74, 6) is 2.11. The van der Waals surface area contributed by atoms with Gasteiger partial charge >= 0.3 is 0 Å². The SMILES string of the molecule is CC(O)c1cc2cnc(Nc3ccc(CN4CCN(C)CC4)cn3)nc2c(N2C3CCC2CC3)n1. The number of nitrogens with zero attached hydrogens (tertiary/aromatic N) is 7. The number of aliphatic hydroxyl groups is 1. The van der Waals surface area contributed by atoms with Crippen LogP contribution in [0.25, 0.3) is 10.9 Å². The minimum Gasteiger partial charge on any atom is -0.387 e. The van der Waals surface area contributed by atoms with Gasteiger partial charge in [-0.15, -0.1) is 0 Å². The van der Waals surface area contributed by atoms with Crippen LogP contribution in [0, 0.1) is 0 Å². The molecule has 2 bridgehead atoms. The molecular weight excluding hydrogens is 440 g/mol. The Labute approximate surface area is 206 Å². The van der Waals surface area contributed by atoms with E-state index < -0.39 is 6.10 Å². The summed E-state index contributed by atoms with van der Waals surface area (Å²) in [6.45, 7) is 7.08. The Kier molecular flexibility index (Phi) is 5.99. The summed E-state index contributed by atoms with van der Waals surface area (Å²) >= 11 is 0. The van der Waals surface area contributed by atoms with Gasteiger partial charge in [-0.1, -0.05) is 6.07 Å². The maximum Gasteiger partial charge on any atom is 0.229 e. The quantitative estimate of drug-likeness (QED) is 0.559. The Bertz CT molecular complexity index is 1170. The number of likely N-dealkylation sites (N-methyl/N-ethyl adjacent to an activating group) is 1. The van der Waals surface area contributed by atoms with Crippen LogP contribution in [-0.2, 0) is 6.54 Å². The number of piperazine rings is 1. The molecule has 3 saturated heterocycles. The predicted octanol–water partition coefficient (Wildman–Crippen LogP) is 3.10. The van der Waals surface area contributed by atoms with Gasteiger partial charge in [-0.2, -0.15) is 0 Å². The fraction of sp³-hybridized carbons (Fsp3) is 0.538.